The highest BCUT2D eigenvalue weighted by Crippen LogP contribution is 2.21. The summed E-state index contributed by atoms with van der Waals surface area (Å²) in [7, 11) is 0. The molecule has 0 N–H and O–H groups in total. The Morgan fingerprint density at radius 2 is 2.33 bits per heavy atom. The van der Waals surface area contributed by atoms with E-state index in [9.17, 15) is 0 Å². The van der Waals surface area contributed by atoms with E-state index in [-0.39, 0.29) is 0 Å². The van der Waals surface area contributed by atoms with Crippen molar-refractivity contribution < 1.29 is 0 Å². The van der Waals surface area contributed by atoms with Crippen molar-refractivity contribution in [2.24, 2.45) is 0 Å². The molecule has 0 amide bonds. The van der Waals surface area contributed by atoms with Gasteiger partial charge in [-0.05, 0) is 34.8 Å². The van der Waals surface area contributed by atoms with Crippen LogP contribution in [0.2, 0.25) is 0 Å². The number of hydrogen-bond acceptors (Lipinski definition) is 5. The molecule has 0 aliphatic carbocycles. The lowest BCUT2D eigenvalue weighted by atomic mass is 10.1. The van der Waals surface area contributed by atoms with Crippen molar-refractivity contribution in [2.75, 3.05) is 6.54 Å². The number of hydrogen-bond donors (Lipinski definition) is 0. The molecular formula is C12H13BrN4S. The summed E-state index contributed by atoms with van der Waals surface area (Å²) in [5.74, 6) is 0.854. The van der Waals surface area contributed by atoms with Crippen LogP contribution in [0.25, 0.3) is 0 Å². The monoisotopic (exact) mass is 324 g/mol. The van der Waals surface area contributed by atoms with Gasteiger partial charge < -0.3 is 0 Å². The number of nitrogens with zero attached hydrogens (tertiary/aromatic N) is 4. The molecule has 0 unspecified atom stereocenters. The summed E-state index contributed by atoms with van der Waals surface area (Å²) in [6.07, 6.45) is 3.00. The Kier molecular flexibility index (Phi) is 3.41. The third-order valence-corrected chi connectivity index (χ3v) is 4.57. The lowest BCUT2D eigenvalue weighted by Crippen LogP contribution is -2.31. The van der Waals surface area contributed by atoms with Gasteiger partial charge >= 0.3 is 0 Å². The first kappa shape index (κ1) is 12.2. The van der Waals surface area contributed by atoms with Crippen LogP contribution in [0.15, 0.2) is 16.2 Å². The van der Waals surface area contributed by atoms with Crippen LogP contribution in [0, 0.1) is 6.92 Å². The van der Waals surface area contributed by atoms with E-state index in [0.717, 1.165) is 41.5 Å². The number of halogens is 1. The average Bonchev–Trinajstić information content (AvgIpc) is 2.74. The first-order valence-corrected chi connectivity index (χ1v) is 7.51. The van der Waals surface area contributed by atoms with Crippen molar-refractivity contribution >= 4 is 27.3 Å². The predicted octanol–water partition coefficient (Wildman–Crippen LogP) is 2.56. The van der Waals surface area contributed by atoms with Gasteiger partial charge in [-0.3, -0.25) is 4.90 Å². The maximum absolute atomic E-state index is 4.53. The average molecular weight is 325 g/mol. The normalized spacial score (nSPS) is 15.7. The van der Waals surface area contributed by atoms with E-state index < -0.39 is 0 Å². The number of fused-ring (bicyclic) bond motifs is 1. The summed E-state index contributed by atoms with van der Waals surface area (Å²) in [4.78, 5) is 15.6. The van der Waals surface area contributed by atoms with Crippen molar-refractivity contribution in [3.8, 4) is 0 Å². The molecule has 0 spiro atoms. The standard InChI is InChI=1S/C12H13BrN4S/c1-8-14-4-9-2-3-17(5-10(9)15-8)6-12-16-11(13)7-18-12/h4,7H,2-3,5-6H2,1H3. The van der Waals surface area contributed by atoms with Gasteiger partial charge in [0.2, 0.25) is 0 Å². The van der Waals surface area contributed by atoms with Crippen LogP contribution in [0.5, 0.6) is 0 Å². The number of thiazole rings is 1. The Balaban J connectivity index is 1.74. The molecule has 4 nitrogen and oxygen atoms in total. The predicted molar refractivity (Wildman–Crippen MR) is 74.4 cm³/mol. The largest absolute Gasteiger partial charge is 0.290 e. The van der Waals surface area contributed by atoms with Gasteiger partial charge in [-0.2, -0.15) is 0 Å². The van der Waals surface area contributed by atoms with Crippen LogP contribution in [-0.4, -0.2) is 26.4 Å². The van der Waals surface area contributed by atoms with Crippen molar-refractivity contribution in [3.05, 3.63) is 38.3 Å². The topological polar surface area (TPSA) is 41.9 Å². The van der Waals surface area contributed by atoms with Crippen molar-refractivity contribution in [1.82, 2.24) is 19.9 Å². The smallest absolute Gasteiger partial charge is 0.125 e. The molecule has 0 radical (unpaired) electrons. The molecule has 0 saturated heterocycles. The fourth-order valence-corrected chi connectivity index (χ4v) is 3.45. The Hall–Kier alpha value is -0.850. The molecule has 18 heavy (non-hydrogen) atoms. The first-order valence-electron chi connectivity index (χ1n) is 5.84. The Labute approximate surface area is 118 Å². The summed E-state index contributed by atoms with van der Waals surface area (Å²) >= 11 is 5.09. The summed E-state index contributed by atoms with van der Waals surface area (Å²) < 4.78 is 0.929. The lowest BCUT2D eigenvalue weighted by Gasteiger charge is -2.26. The first-order chi connectivity index (χ1) is 8.70. The molecule has 3 rings (SSSR count). The third kappa shape index (κ3) is 2.60. The maximum atomic E-state index is 4.53. The van der Waals surface area contributed by atoms with Gasteiger partial charge in [0.1, 0.15) is 15.4 Å². The van der Waals surface area contributed by atoms with Crippen LogP contribution >= 0.6 is 27.3 Å². The van der Waals surface area contributed by atoms with Gasteiger partial charge in [0.05, 0.1) is 12.2 Å². The molecule has 2 aromatic rings. The minimum absolute atomic E-state index is 0.854. The lowest BCUT2D eigenvalue weighted by molar-refractivity contribution is 0.240. The number of aromatic nitrogens is 3. The van der Waals surface area contributed by atoms with Crippen LogP contribution in [-0.2, 0) is 19.5 Å². The van der Waals surface area contributed by atoms with E-state index in [2.05, 4.69) is 35.8 Å². The zero-order valence-electron chi connectivity index (χ0n) is 10.1. The zero-order chi connectivity index (χ0) is 12.5. The van der Waals surface area contributed by atoms with Gasteiger partial charge in [0, 0.05) is 24.7 Å². The van der Waals surface area contributed by atoms with Gasteiger partial charge in [-0.1, -0.05) is 0 Å². The van der Waals surface area contributed by atoms with E-state index in [4.69, 9.17) is 0 Å². The molecule has 2 aromatic heterocycles. The Bertz CT molecular complexity index is 569. The summed E-state index contributed by atoms with van der Waals surface area (Å²) in [6, 6.07) is 0. The van der Waals surface area contributed by atoms with E-state index in [0.29, 0.717) is 0 Å². The minimum atomic E-state index is 0.854. The van der Waals surface area contributed by atoms with Crippen LogP contribution in [0.3, 0.4) is 0 Å². The highest BCUT2D eigenvalue weighted by Gasteiger charge is 2.18. The van der Waals surface area contributed by atoms with Crippen molar-refractivity contribution in [2.45, 2.75) is 26.4 Å². The van der Waals surface area contributed by atoms with E-state index >= 15 is 0 Å². The molecule has 1 aliphatic rings. The summed E-state index contributed by atoms with van der Waals surface area (Å²) in [5.41, 5.74) is 2.46. The highest BCUT2D eigenvalue weighted by atomic mass is 79.9. The second kappa shape index (κ2) is 5.03. The van der Waals surface area contributed by atoms with E-state index in [1.165, 1.54) is 11.3 Å². The molecule has 6 heteroatoms. The molecule has 94 valence electrons. The van der Waals surface area contributed by atoms with Gasteiger partial charge in [0.25, 0.3) is 0 Å². The quantitative estimate of drug-likeness (QED) is 0.851. The second-order valence-corrected chi connectivity index (χ2v) is 6.17. The fourth-order valence-electron chi connectivity index (χ4n) is 2.14. The molecule has 0 fully saturated rings. The maximum Gasteiger partial charge on any atom is 0.125 e. The van der Waals surface area contributed by atoms with Crippen LogP contribution < -0.4 is 0 Å². The molecule has 3 heterocycles. The van der Waals surface area contributed by atoms with Gasteiger partial charge in [-0.15, -0.1) is 11.3 Å². The molecule has 1 aliphatic heterocycles. The fraction of sp³-hybridized carbons (Fsp3) is 0.417. The minimum Gasteiger partial charge on any atom is -0.290 e. The molecule has 0 saturated carbocycles. The molecule has 0 atom stereocenters. The van der Waals surface area contributed by atoms with Crippen molar-refractivity contribution in [1.29, 1.82) is 0 Å². The van der Waals surface area contributed by atoms with Crippen LogP contribution in [0.1, 0.15) is 22.1 Å². The van der Waals surface area contributed by atoms with Gasteiger partial charge in [0.15, 0.2) is 0 Å². The number of aryl methyl sites for hydroxylation is 1. The van der Waals surface area contributed by atoms with Gasteiger partial charge in [-0.25, -0.2) is 15.0 Å². The Morgan fingerprint density at radius 1 is 1.44 bits per heavy atom. The van der Waals surface area contributed by atoms with Crippen molar-refractivity contribution in [3.63, 3.8) is 0 Å². The van der Waals surface area contributed by atoms with E-state index in [1.807, 2.05) is 18.5 Å². The zero-order valence-corrected chi connectivity index (χ0v) is 12.5. The summed E-state index contributed by atoms with van der Waals surface area (Å²) in [6.45, 7) is 4.79. The highest BCUT2D eigenvalue weighted by molar-refractivity contribution is 9.10. The molecule has 0 bridgehead atoms. The van der Waals surface area contributed by atoms with Crippen LogP contribution in [0.4, 0.5) is 0 Å². The van der Waals surface area contributed by atoms with E-state index in [1.54, 1.807) is 11.3 Å². The second-order valence-electron chi connectivity index (χ2n) is 4.41. The Morgan fingerprint density at radius 3 is 3.11 bits per heavy atom. The number of rotatable bonds is 2. The SMILES string of the molecule is Cc1ncc2c(n1)CN(Cc1nc(Br)cs1)CC2. The molecule has 0 aromatic carbocycles. The third-order valence-electron chi connectivity index (χ3n) is 3.03. The summed E-state index contributed by atoms with van der Waals surface area (Å²) in [5, 5.41) is 3.18. The molecular weight excluding hydrogens is 312 g/mol.